The summed E-state index contributed by atoms with van der Waals surface area (Å²) in [5.74, 6) is -0.307. The van der Waals surface area contributed by atoms with Crippen molar-refractivity contribution in [3.05, 3.63) is 35.4 Å². The van der Waals surface area contributed by atoms with E-state index in [-0.39, 0.29) is 29.7 Å². The minimum absolute atomic E-state index is 0.0450. The van der Waals surface area contributed by atoms with Crippen molar-refractivity contribution in [3.8, 4) is 0 Å². The zero-order valence-electron chi connectivity index (χ0n) is 14.2. The molecule has 2 heterocycles. The van der Waals surface area contributed by atoms with Gasteiger partial charge in [0.05, 0.1) is 0 Å². The maximum Gasteiger partial charge on any atom is 0.251 e. The van der Waals surface area contributed by atoms with E-state index in [0.717, 1.165) is 5.56 Å². The molecule has 3 rings (SSSR count). The Hall–Kier alpha value is -2.37. The number of carbonyl (C=O) groups is 3. The van der Waals surface area contributed by atoms with Gasteiger partial charge in [-0.25, -0.2) is 0 Å². The molecule has 6 nitrogen and oxygen atoms in total. The van der Waals surface area contributed by atoms with E-state index >= 15 is 0 Å². The molecule has 2 aliphatic heterocycles. The van der Waals surface area contributed by atoms with E-state index in [1.165, 1.54) is 0 Å². The van der Waals surface area contributed by atoms with Crippen LogP contribution in [0.15, 0.2) is 24.3 Å². The van der Waals surface area contributed by atoms with Gasteiger partial charge in [0.2, 0.25) is 11.8 Å². The van der Waals surface area contributed by atoms with Crippen LogP contribution in [-0.4, -0.2) is 47.3 Å². The van der Waals surface area contributed by atoms with Gasteiger partial charge < -0.3 is 15.5 Å². The fraction of sp³-hybridized carbons (Fsp3) is 0.500. The highest BCUT2D eigenvalue weighted by Gasteiger charge is 2.47. The lowest BCUT2D eigenvalue weighted by atomic mass is 9.98. The summed E-state index contributed by atoms with van der Waals surface area (Å²) in [6.07, 6.45) is 0.458. The molecule has 3 atom stereocenters. The SMILES string of the molecule is Cc1ccc(C(=O)N[C@H]2C[C@H]3C(=O)N[C@@H](C(C)C)C(=O)N3C2)cc1. The number of nitrogens with zero attached hydrogens (tertiary/aromatic N) is 1. The molecule has 3 amide bonds. The molecule has 2 aliphatic rings. The number of hydrogen-bond donors (Lipinski definition) is 2. The van der Waals surface area contributed by atoms with Crippen molar-refractivity contribution in [2.45, 2.75) is 45.3 Å². The van der Waals surface area contributed by atoms with Crippen LogP contribution in [-0.2, 0) is 9.59 Å². The Labute approximate surface area is 141 Å². The number of aryl methyl sites for hydroxylation is 1. The second-order valence-electron chi connectivity index (χ2n) is 7.01. The first-order valence-electron chi connectivity index (χ1n) is 8.35. The number of rotatable bonds is 3. The third kappa shape index (κ3) is 3.00. The van der Waals surface area contributed by atoms with Crippen LogP contribution < -0.4 is 10.6 Å². The average Bonchev–Trinajstić information content (AvgIpc) is 2.96. The van der Waals surface area contributed by atoms with E-state index in [4.69, 9.17) is 0 Å². The van der Waals surface area contributed by atoms with Crippen LogP contribution in [0.1, 0.15) is 36.2 Å². The predicted molar refractivity (Wildman–Crippen MR) is 89.3 cm³/mol. The Bertz CT molecular complexity index is 669. The fourth-order valence-electron chi connectivity index (χ4n) is 3.35. The molecular formula is C18H23N3O3. The van der Waals surface area contributed by atoms with E-state index in [9.17, 15) is 14.4 Å². The van der Waals surface area contributed by atoms with Gasteiger partial charge in [0.25, 0.3) is 5.91 Å². The highest BCUT2D eigenvalue weighted by Crippen LogP contribution is 2.25. The largest absolute Gasteiger partial charge is 0.347 e. The molecule has 0 aliphatic carbocycles. The Morgan fingerprint density at radius 3 is 2.54 bits per heavy atom. The molecule has 0 bridgehead atoms. The van der Waals surface area contributed by atoms with Crippen molar-refractivity contribution in [2.75, 3.05) is 6.54 Å². The molecule has 0 unspecified atom stereocenters. The zero-order chi connectivity index (χ0) is 17.4. The Balaban J connectivity index is 1.68. The lowest BCUT2D eigenvalue weighted by molar-refractivity contribution is -0.148. The molecule has 24 heavy (non-hydrogen) atoms. The van der Waals surface area contributed by atoms with Gasteiger partial charge in [-0.05, 0) is 31.4 Å². The first-order valence-corrected chi connectivity index (χ1v) is 8.35. The molecular weight excluding hydrogens is 306 g/mol. The summed E-state index contributed by atoms with van der Waals surface area (Å²) in [6, 6.07) is 6.17. The minimum Gasteiger partial charge on any atom is -0.347 e. The van der Waals surface area contributed by atoms with Gasteiger partial charge in [0.1, 0.15) is 12.1 Å². The normalized spacial score (nSPS) is 26.3. The summed E-state index contributed by atoms with van der Waals surface area (Å²) in [5, 5.41) is 5.75. The van der Waals surface area contributed by atoms with Crippen molar-refractivity contribution in [1.29, 1.82) is 0 Å². The van der Waals surface area contributed by atoms with Crippen molar-refractivity contribution in [3.63, 3.8) is 0 Å². The molecule has 128 valence electrons. The molecule has 0 saturated carbocycles. The lowest BCUT2D eigenvalue weighted by Crippen LogP contribution is -2.62. The summed E-state index contributed by atoms with van der Waals surface area (Å²) < 4.78 is 0. The molecule has 1 aromatic rings. The third-order valence-electron chi connectivity index (χ3n) is 4.77. The van der Waals surface area contributed by atoms with Crippen LogP contribution in [0.4, 0.5) is 0 Å². The van der Waals surface area contributed by atoms with Crippen molar-refractivity contribution in [2.24, 2.45) is 5.92 Å². The zero-order valence-corrected chi connectivity index (χ0v) is 14.2. The number of hydrogen-bond acceptors (Lipinski definition) is 3. The topological polar surface area (TPSA) is 78.5 Å². The summed E-state index contributed by atoms with van der Waals surface area (Å²) >= 11 is 0. The van der Waals surface area contributed by atoms with Crippen LogP contribution >= 0.6 is 0 Å². The highest BCUT2D eigenvalue weighted by molar-refractivity contribution is 5.98. The van der Waals surface area contributed by atoms with Gasteiger partial charge in [0, 0.05) is 18.2 Å². The van der Waals surface area contributed by atoms with Gasteiger partial charge in [0.15, 0.2) is 0 Å². The van der Waals surface area contributed by atoms with E-state index in [1.54, 1.807) is 17.0 Å². The number of amides is 3. The molecule has 0 spiro atoms. The van der Waals surface area contributed by atoms with Crippen molar-refractivity contribution in [1.82, 2.24) is 15.5 Å². The van der Waals surface area contributed by atoms with Crippen LogP contribution in [0.3, 0.4) is 0 Å². The second-order valence-corrected chi connectivity index (χ2v) is 7.01. The summed E-state index contributed by atoms with van der Waals surface area (Å²) in [4.78, 5) is 38.7. The first-order chi connectivity index (χ1) is 11.4. The quantitative estimate of drug-likeness (QED) is 0.863. The lowest BCUT2D eigenvalue weighted by Gasteiger charge is -2.36. The second kappa shape index (κ2) is 6.26. The first kappa shape index (κ1) is 16.5. The van der Waals surface area contributed by atoms with Gasteiger partial charge in [-0.15, -0.1) is 0 Å². The van der Waals surface area contributed by atoms with Crippen molar-refractivity contribution < 1.29 is 14.4 Å². The molecule has 1 aromatic carbocycles. The Morgan fingerprint density at radius 2 is 1.92 bits per heavy atom. The highest BCUT2D eigenvalue weighted by atomic mass is 16.2. The number of piperazine rings is 1. The molecule has 0 radical (unpaired) electrons. The summed E-state index contributed by atoms with van der Waals surface area (Å²) in [5.41, 5.74) is 1.67. The third-order valence-corrected chi connectivity index (χ3v) is 4.77. The molecule has 0 aromatic heterocycles. The number of benzene rings is 1. The van der Waals surface area contributed by atoms with E-state index in [0.29, 0.717) is 18.5 Å². The van der Waals surface area contributed by atoms with Gasteiger partial charge in [-0.3, -0.25) is 14.4 Å². The molecule has 2 N–H and O–H groups in total. The van der Waals surface area contributed by atoms with Crippen LogP contribution in [0.25, 0.3) is 0 Å². The minimum atomic E-state index is -0.476. The predicted octanol–water partition coefficient (Wildman–Crippen LogP) is 0.849. The molecule has 2 fully saturated rings. The summed E-state index contributed by atoms with van der Waals surface area (Å²) in [7, 11) is 0. The fourth-order valence-corrected chi connectivity index (χ4v) is 3.35. The monoisotopic (exact) mass is 329 g/mol. The average molecular weight is 329 g/mol. The smallest absolute Gasteiger partial charge is 0.251 e. The molecule has 2 saturated heterocycles. The molecule has 6 heteroatoms. The maximum atomic E-state index is 12.5. The van der Waals surface area contributed by atoms with Gasteiger partial charge in [-0.1, -0.05) is 31.5 Å². The summed E-state index contributed by atoms with van der Waals surface area (Å²) in [6.45, 7) is 6.18. The maximum absolute atomic E-state index is 12.5. The van der Waals surface area contributed by atoms with Crippen molar-refractivity contribution >= 4 is 17.7 Å². The van der Waals surface area contributed by atoms with E-state index in [2.05, 4.69) is 10.6 Å². The number of nitrogens with one attached hydrogen (secondary N) is 2. The van der Waals surface area contributed by atoms with E-state index in [1.807, 2.05) is 32.9 Å². The van der Waals surface area contributed by atoms with Crippen LogP contribution in [0.5, 0.6) is 0 Å². The standard InChI is InChI=1S/C18H23N3O3/c1-10(2)15-18(24)21-9-13(8-14(21)17(23)20-15)19-16(22)12-6-4-11(3)5-7-12/h4-7,10,13-15H,8-9H2,1-3H3,(H,19,22)(H,20,23)/t13-,14-,15-/m0/s1. The Kier molecular flexibility index (Phi) is 4.30. The van der Waals surface area contributed by atoms with E-state index < -0.39 is 12.1 Å². The number of fused-ring (bicyclic) bond motifs is 1. The van der Waals surface area contributed by atoms with Crippen LogP contribution in [0.2, 0.25) is 0 Å². The van der Waals surface area contributed by atoms with Gasteiger partial charge in [-0.2, -0.15) is 0 Å². The number of carbonyl (C=O) groups excluding carboxylic acids is 3. The van der Waals surface area contributed by atoms with Crippen LogP contribution in [0, 0.1) is 12.8 Å². The Morgan fingerprint density at radius 1 is 1.25 bits per heavy atom. The van der Waals surface area contributed by atoms with Gasteiger partial charge >= 0.3 is 0 Å².